The van der Waals surface area contributed by atoms with E-state index in [-0.39, 0.29) is 13.4 Å². The molecule has 56 heavy (non-hydrogen) atoms. The van der Waals surface area contributed by atoms with Gasteiger partial charge in [-0.25, -0.2) is 0 Å². The van der Waals surface area contributed by atoms with Crippen LogP contribution in [0.5, 0.6) is 0 Å². The normalized spacial score (nSPS) is 13.2. The standard InChI is InChI=1S/C52H34B2N2/c1-5-19-35(20-6-1)53-43-31-13-15-33-45(43)55(37-23-9-3-10-24-37)51-41-29-18-28-40-48(41)47-39(49(51)53)27-17-30-42(47)52-50(40)54(36-21-7-2-8-22-36)44-32-14-16-34-46(44)56(52)38-25-11-4-12-26-38/h1-34H. The van der Waals surface area contributed by atoms with Gasteiger partial charge in [0, 0.05) is 44.9 Å². The van der Waals surface area contributed by atoms with E-state index in [9.17, 15) is 0 Å². The van der Waals surface area contributed by atoms with Crippen LogP contribution in [0.4, 0.5) is 34.1 Å². The number of rotatable bonds is 4. The van der Waals surface area contributed by atoms with Gasteiger partial charge in [0.25, 0.3) is 0 Å². The summed E-state index contributed by atoms with van der Waals surface area (Å²) in [5.41, 5.74) is 15.2. The number of hydrogen-bond acceptors (Lipinski definition) is 2. The van der Waals surface area contributed by atoms with Crippen molar-refractivity contribution >= 4 is 113 Å². The van der Waals surface area contributed by atoms with Crippen molar-refractivity contribution in [3.63, 3.8) is 0 Å². The predicted octanol–water partition coefficient (Wildman–Crippen LogP) is 9.18. The van der Waals surface area contributed by atoms with Gasteiger partial charge >= 0.3 is 0 Å². The first-order valence-corrected chi connectivity index (χ1v) is 19.6. The lowest BCUT2D eigenvalue weighted by atomic mass is 9.33. The van der Waals surface area contributed by atoms with Crippen LogP contribution in [0.1, 0.15) is 0 Å². The van der Waals surface area contributed by atoms with Gasteiger partial charge in [0.1, 0.15) is 0 Å². The molecular weight excluding hydrogens is 674 g/mol. The summed E-state index contributed by atoms with van der Waals surface area (Å²) in [5.74, 6) is 0. The molecule has 10 aromatic carbocycles. The molecule has 2 heterocycles. The Hall–Kier alpha value is -7.03. The summed E-state index contributed by atoms with van der Waals surface area (Å²) in [7, 11) is 0. The summed E-state index contributed by atoms with van der Waals surface area (Å²) >= 11 is 0. The number of fused-ring (bicyclic) bond motifs is 8. The van der Waals surface area contributed by atoms with E-state index in [2.05, 4.69) is 216 Å². The van der Waals surface area contributed by atoms with Crippen molar-refractivity contribution in [2.75, 3.05) is 9.80 Å². The van der Waals surface area contributed by atoms with Crippen LogP contribution >= 0.6 is 0 Å². The molecule has 0 radical (unpaired) electrons. The summed E-state index contributed by atoms with van der Waals surface area (Å²) in [6, 6.07) is 76.4. The van der Waals surface area contributed by atoms with E-state index < -0.39 is 0 Å². The third kappa shape index (κ3) is 4.35. The Morgan fingerprint density at radius 3 is 1.04 bits per heavy atom. The third-order valence-electron chi connectivity index (χ3n) is 12.3. The monoisotopic (exact) mass is 708 g/mol. The molecule has 0 amide bonds. The maximum atomic E-state index is 2.54. The fraction of sp³-hybridized carbons (Fsp3) is 0. The highest BCUT2D eigenvalue weighted by Crippen LogP contribution is 2.49. The maximum absolute atomic E-state index is 2.54. The quantitative estimate of drug-likeness (QED) is 0.133. The van der Waals surface area contributed by atoms with Gasteiger partial charge in [-0.1, -0.05) is 181 Å². The van der Waals surface area contributed by atoms with Crippen molar-refractivity contribution in [3.05, 3.63) is 206 Å². The summed E-state index contributed by atoms with van der Waals surface area (Å²) in [6.45, 7) is 0.0749. The van der Waals surface area contributed by atoms with Crippen molar-refractivity contribution in [1.29, 1.82) is 0 Å². The fourth-order valence-electron chi connectivity index (χ4n) is 10.2. The molecule has 0 bridgehead atoms. The average molecular weight is 708 g/mol. The Kier molecular flexibility index (Phi) is 6.85. The largest absolute Gasteiger partial charge is 0.311 e. The van der Waals surface area contributed by atoms with Gasteiger partial charge < -0.3 is 9.80 Å². The third-order valence-corrected chi connectivity index (χ3v) is 12.3. The van der Waals surface area contributed by atoms with Crippen LogP contribution in [0.15, 0.2) is 206 Å². The first-order chi connectivity index (χ1) is 27.9. The van der Waals surface area contributed by atoms with E-state index >= 15 is 0 Å². The highest BCUT2D eigenvalue weighted by Gasteiger charge is 2.42. The molecule has 0 saturated carbocycles. The van der Waals surface area contributed by atoms with Crippen LogP contribution in [0, 0.1) is 0 Å². The van der Waals surface area contributed by atoms with Gasteiger partial charge in [-0.3, -0.25) is 0 Å². The molecule has 0 saturated heterocycles. The Balaban J connectivity index is 1.31. The molecule has 10 aromatic rings. The molecule has 0 atom stereocenters. The second kappa shape index (κ2) is 12.2. The predicted molar refractivity (Wildman–Crippen MR) is 242 cm³/mol. The Labute approximate surface area is 327 Å². The number of hydrogen-bond donors (Lipinski definition) is 0. The summed E-state index contributed by atoms with van der Waals surface area (Å²) in [5, 5.41) is 7.82. The van der Waals surface area contributed by atoms with Crippen LogP contribution in [-0.2, 0) is 0 Å². The van der Waals surface area contributed by atoms with Crippen LogP contribution in [0.3, 0.4) is 0 Å². The molecule has 258 valence electrons. The number of para-hydroxylation sites is 4. The minimum atomic E-state index is 0.0374. The molecular formula is C52H34B2N2. The molecule has 0 aliphatic carbocycles. The molecule has 4 heteroatoms. The van der Waals surface area contributed by atoms with E-state index in [1.165, 1.54) is 87.8 Å². The Morgan fingerprint density at radius 1 is 0.286 bits per heavy atom. The van der Waals surface area contributed by atoms with Gasteiger partial charge in [-0.2, -0.15) is 0 Å². The SMILES string of the molecule is c1ccc(B2c3ccccc3N(c3ccccc3)c3c2c2cccc4c5c(c6cccc3c6c24)B(c2ccccc2)c2ccccc2N5c2ccccc2)cc1. The summed E-state index contributed by atoms with van der Waals surface area (Å²) in [4.78, 5) is 5.08. The zero-order valence-corrected chi connectivity index (χ0v) is 30.7. The number of benzene rings is 10. The van der Waals surface area contributed by atoms with Crippen molar-refractivity contribution in [2.24, 2.45) is 0 Å². The molecule has 2 aliphatic heterocycles. The van der Waals surface area contributed by atoms with Crippen LogP contribution in [-0.4, -0.2) is 13.4 Å². The molecule has 12 rings (SSSR count). The Bertz CT molecular complexity index is 2680. The zero-order valence-electron chi connectivity index (χ0n) is 30.7. The average Bonchev–Trinajstić information content (AvgIpc) is 3.28. The smallest absolute Gasteiger partial charge is 0.247 e. The van der Waals surface area contributed by atoms with Crippen molar-refractivity contribution in [3.8, 4) is 0 Å². The van der Waals surface area contributed by atoms with E-state index in [0.717, 1.165) is 11.4 Å². The van der Waals surface area contributed by atoms with Gasteiger partial charge in [0.05, 0.1) is 0 Å². The first kappa shape index (κ1) is 31.3. The van der Waals surface area contributed by atoms with Crippen LogP contribution in [0.25, 0.3) is 32.3 Å². The molecule has 0 spiro atoms. The topological polar surface area (TPSA) is 6.48 Å². The number of anilines is 6. The molecule has 2 nitrogen and oxygen atoms in total. The van der Waals surface area contributed by atoms with Gasteiger partial charge in [0.2, 0.25) is 13.4 Å². The van der Waals surface area contributed by atoms with E-state index in [1.54, 1.807) is 0 Å². The second-order valence-corrected chi connectivity index (χ2v) is 15.1. The van der Waals surface area contributed by atoms with Gasteiger partial charge in [-0.05, 0) is 79.8 Å². The molecule has 0 aromatic heterocycles. The minimum absolute atomic E-state index is 0.0374. The lowest BCUT2D eigenvalue weighted by Crippen LogP contribution is -2.58. The molecule has 0 N–H and O–H groups in total. The van der Waals surface area contributed by atoms with Crippen molar-refractivity contribution < 1.29 is 0 Å². The van der Waals surface area contributed by atoms with Gasteiger partial charge in [-0.15, -0.1) is 0 Å². The Morgan fingerprint density at radius 2 is 0.625 bits per heavy atom. The minimum Gasteiger partial charge on any atom is -0.311 e. The highest BCUT2D eigenvalue weighted by molar-refractivity contribution is 7.01. The lowest BCUT2D eigenvalue weighted by molar-refractivity contribution is 1.31. The first-order valence-electron chi connectivity index (χ1n) is 19.6. The summed E-state index contributed by atoms with van der Waals surface area (Å²) < 4.78 is 0. The van der Waals surface area contributed by atoms with Crippen molar-refractivity contribution in [1.82, 2.24) is 0 Å². The van der Waals surface area contributed by atoms with Crippen LogP contribution < -0.4 is 42.6 Å². The molecule has 2 aliphatic rings. The van der Waals surface area contributed by atoms with E-state index in [4.69, 9.17) is 0 Å². The zero-order chi connectivity index (χ0) is 36.7. The van der Waals surface area contributed by atoms with E-state index in [1.807, 2.05) is 0 Å². The second-order valence-electron chi connectivity index (χ2n) is 15.1. The summed E-state index contributed by atoms with van der Waals surface area (Å²) in [6.07, 6.45) is 0. The molecule has 0 unspecified atom stereocenters. The number of nitrogens with zero attached hydrogens (tertiary/aromatic N) is 2. The molecule has 0 fully saturated rings. The van der Waals surface area contributed by atoms with Crippen LogP contribution in [0.2, 0.25) is 0 Å². The van der Waals surface area contributed by atoms with E-state index in [0.29, 0.717) is 0 Å². The highest BCUT2D eigenvalue weighted by atomic mass is 15.2. The van der Waals surface area contributed by atoms with Crippen molar-refractivity contribution in [2.45, 2.75) is 0 Å². The maximum Gasteiger partial charge on any atom is 0.247 e. The fourth-order valence-corrected chi connectivity index (χ4v) is 10.2. The lowest BCUT2D eigenvalue weighted by Gasteiger charge is -2.41. The van der Waals surface area contributed by atoms with Gasteiger partial charge in [0.15, 0.2) is 0 Å².